The van der Waals surface area contributed by atoms with Gasteiger partial charge in [-0.1, -0.05) is 17.2 Å². The van der Waals surface area contributed by atoms with E-state index in [0.717, 1.165) is 11.2 Å². The highest BCUT2D eigenvalue weighted by Gasteiger charge is 2.55. The zero-order chi connectivity index (χ0) is 26.5. The fourth-order valence-corrected chi connectivity index (χ4v) is 4.72. The second-order valence-electron chi connectivity index (χ2n) is 8.34. The summed E-state index contributed by atoms with van der Waals surface area (Å²) in [6.45, 7) is 1.94. The summed E-state index contributed by atoms with van der Waals surface area (Å²) in [5.74, 6) is -3.40. The fraction of sp³-hybridized carbons (Fsp3) is 0.429. The van der Waals surface area contributed by atoms with Gasteiger partial charge in [-0.2, -0.15) is 10.5 Å². The lowest BCUT2D eigenvalue weighted by molar-refractivity contribution is -0.128. The molecule has 0 spiro atoms. The molecular formula is C21H25N9O5S. The molecule has 1 atom stereocenters. The first-order chi connectivity index (χ1) is 17.0. The lowest BCUT2D eigenvalue weighted by atomic mass is 9.85. The molecule has 0 bridgehead atoms. The number of hydrogen-bond acceptors (Lipinski definition) is 10. The first-order valence-corrected chi connectivity index (χ1v) is 12.9. The van der Waals surface area contributed by atoms with Crippen LogP contribution in [0.25, 0.3) is 0 Å². The van der Waals surface area contributed by atoms with Crippen molar-refractivity contribution in [1.29, 1.82) is 5.26 Å². The number of tetrazole rings is 1. The maximum atomic E-state index is 14.1. The standard InChI is InChI=1S/C21H25N9O5S/c1-14(23)24-12-6-5-9-21(10-11-22,30-17(31)15-7-3-4-8-16(15)18(30)32)19(33)29(13-36(2,34)35)20-25-27-28-26-20/h3-4,7-8H,5-6,9-10,12-13H2,1-2H3,(H2,23,24)(H,25,26,27,28). The topological polar surface area (TPSA) is 208 Å². The first kappa shape index (κ1) is 26.4. The Hall–Kier alpha value is -4.19. The summed E-state index contributed by atoms with van der Waals surface area (Å²) in [6, 6.07) is 7.94. The van der Waals surface area contributed by atoms with Gasteiger partial charge in [-0.3, -0.25) is 29.2 Å². The third-order valence-corrected chi connectivity index (χ3v) is 6.26. The van der Waals surface area contributed by atoms with E-state index >= 15 is 0 Å². The van der Waals surface area contributed by atoms with Gasteiger partial charge in [0.2, 0.25) is 0 Å². The quantitative estimate of drug-likeness (QED) is 0.177. The van der Waals surface area contributed by atoms with E-state index in [2.05, 4.69) is 25.6 Å². The molecule has 3 rings (SSSR count). The van der Waals surface area contributed by atoms with Crippen molar-refractivity contribution in [3.05, 3.63) is 35.4 Å². The van der Waals surface area contributed by atoms with Gasteiger partial charge in [0.1, 0.15) is 11.4 Å². The molecular weight excluding hydrogens is 490 g/mol. The molecule has 1 aromatic carbocycles. The van der Waals surface area contributed by atoms with Crippen LogP contribution >= 0.6 is 0 Å². The van der Waals surface area contributed by atoms with Crippen LogP contribution in [0.2, 0.25) is 0 Å². The Bertz CT molecular complexity index is 1290. The van der Waals surface area contributed by atoms with Crippen molar-refractivity contribution in [2.75, 3.05) is 23.6 Å². The summed E-state index contributed by atoms with van der Waals surface area (Å²) < 4.78 is 24.4. The Kier molecular flexibility index (Phi) is 7.78. The average molecular weight is 516 g/mol. The molecule has 0 saturated heterocycles. The number of aromatic amines is 1. The van der Waals surface area contributed by atoms with Gasteiger partial charge in [-0.15, -0.1) is 5.10 Å². The molecule has 0 saturated carbocycles. The molecule has 36 heavy (non-hydrogen) atoms. The zero-order valence-electron chi connectivity index (χ0n) is 19.7. The molecule has 3 amide bonds. The second-order valence-corrected chi connectivity index (χ2v) is 10.4. The molecule has 2 aromatic rings. The van der Waals surface area contributed by atoms with Gasteiger partial charge in [0.15, 0.2) is 9.84 Å². The number of nitrogens with zero attached hydrogens (tertiary/aromatic N) is 7. The lowest BCUT2D eigenvalue weighted by Gasteiger charge is -2.40. The lowest BCUT2D eigenvalue weighted by Crippen LogP contribution is -2.62. The summed E-state index contributed by atoms with van der Waals surface area (Å²) >= 11 is 0. The van der Waals surface area contributed by atoms with Crippen molar-refractivity contribution in [3.63, 3.8) is 0 Å². The van der Waals surface area contributed by atoms with Crippen LogP contribution in [0.4, 0.5) is 5.95 Å². The summed E-state index contributed by atoms with van der Waals surface area (Å²) in [7, 11) is -3.83. The largest absolute Gasteiger partial charge is 0.388 e. The maximum absolute atomic E-state index is 14.1. The van der Waals surface area contributed by atoms with Crippen LogP contribution in [-0.2, 0) is 14.6 Å². The van der Waals surface area contributed by atoms with Crippen LogP contribution in [0, 0.1) is 11.3 Å². The predicted octanol–water partition coefficient (Wildman–Crippen LogP) is 0.0309. The number of carbonyl (C=O) groups is 3. The van der Waals surface area contributed by atoms with Crippen LogP contribution in [0.15, 0.2) is 29.3 Å². The summed E-state index contributed by atoms with van der Waals surface area (Å²) in [5.41, 5.74) is 3.67. The van der Waals surface area contributed by atoms with Crippen LogP contribution in [0.5, 0.6) is 0 Å². The smallest absolute Gasteiger partial charge is 0.273 e. The van der Waals surface area contributed by atoms with E-state index in [4.69, 9.17) is 5.73 Å². The number of aliphatic imine (C=N–C) groups is 1. The van der Waals surface area contributed by atoms with Crippen LogP contribution in [0.3, 0.4) is 0 Å². The van der Waals surface area contributed by atoms with E-state index in [1.165, 1.54) is 12.1 Å². The molecule has 0 radical (unpaired) electrons. The van der Waals surface area contributed by atoms with Gasteiger partial charge >= 0.3 is 0 Å². The van der Waals surface area contributed by atoms with Crippen molar-refractivity contribution in [2.24, 2.45) is 10.7 Å². The van der Waals surface area contributed by atoms with Crippen molar-refractivity contribution in [1.82, 2.24) is 25.5 Å². The SMILES string of the molecule is CC(N)=NCCCCC(CC#N)(C(=O)N(CS(C)(=O)=O)c1nn[nH]n1)N1C(=O)c2ccccc2C1=O. The molecule has 0 fully saturated rings. The number of rotatable bonds is 11. The molecule has 1 aromatic heterocycles. The number of amides is 3. The number of hydrogen-bond donors (Lipinski definition) is 2. The minimum absolute atomic E-state index is 0.0789. The Balaban J connectivity index is 2.12. The molecule has 14 nitrogen and oxygen atoms in total. The Morgan fingerprint density at radius 2 is 1.89 bits per heavy atom. The number of carbonyl (C=O) groups excluding carboxylic acids is 3. The van der Waals surface area contributed by atoms with E-state index in [0.29, 0.717) is 23.7 Å². The highest BCUT2D eigenvalue weighted by atomic mass is 32.2. The Morgan fingerprint density at radius 1 is 1.25 bits per heavy atom. The highest BCUT2D eigenvalue weighted by Crippen LogP contribution is 2.37. The van der Waals surface area contributed by atoms with Crippen LogP contribution in [-0.4, -0.2) is 81.7 Å². The van der Waals surface area contributed by atoms with Gasteiger partial charge < -0.3 is 5.73 Å². The summed E-state index contributed by atoms with van der Waals surface area (Å²) in [6.07, 6.45) is 0.855. The molecule has 15 heteroatoms. The van der Waals surface area contributed by atoms with Crippen molar-refractivity contribution in [3.8, 4) is 6.07 Å². The minimum Gasteiger partial charge on any atom is -0.388 e. The highest BCUT2D eigenvalue weighted by molar-refractivity contribution is 7.90. The van der Waals surface area contributed by atoms with E-state index in [1.54, 1.807) is 19.1 Å². The van der Waals surface area contributed by atoms with Crippen molar-refractivity contribution >= 4 is 39.3 Å². The summed E-state index contributed by atoms with van der Waals surface area (Å²) in [5, 5.41) is 22.7. The number of anilines is 1. The summed E-state index contributed by atoms with van der Waals surface area (Å²) in [4.78, 5) is 46.5. The van der Waals surface area contributed by atoms with E-state index in [-0.39, 0.29) is 29.9 Å². The van der Waals surface area contributed by atoms with Crippen molar-refractivity contribution < 1.29 is 22.8 Å². The Morgan fingerprint density at radius 3 is 2.39 bits per heavy atom. The molecule has 0 aliphatic carbocycles. The average Bonchev–Trinajstić information content (AvgIpc) is 3.43. The van der Waals surface area contributed by atoms with Crippen LogP contribution in [0.1, 0.15) is 53.3 Å². The number of H-pyrrole nitrogens is 1. The number of nitrogens with one attached hydrogen (secondary N) is 1. The number of nitrogens with two attached hydrogens (primary N) is 1. The van der Waals surface area contributed by atoms with Crippen LogP contribution < -0.4 is 10.6 Å². The third kappa shape index (κ3) is 5.38. The maximum Gasteiger partial charge on any atom is 0.273 e. The molecule has 1 aliphatic rings. The third-order valence-electron chi connectivity index (χ3n) is 5.54. The number of nitriles is 1. The molecule has 2 heterocycles. The molecule has 3 N–H and O–H groups in total. The molecule has 1 unspecified atom stereocenters. The minimum atomic E-state index is -3.83. The number of unbranched alkanes of at least 4 members (excludes halogenated alkanes) is 1. The number of aromatic nitrogens is 4. The number of imide groups is 1. The van der Waals surface area contributed by atoms with E-state index in [9.17, 15) is 28.1 Å². The number of sulfone groups is 1. The van der Waals surface area contributed by atoms with Crippen molar-refractivity contribution in [2.45, 2.75) is 38.1 Å². The second kappa shape index (κ2) is 10.6. The number of benzene rings is 1. The van der Waals surface area contributed by atoms with Gasteiger partial charge in [0.05, 0.1) is 29.5 Å². The number of amidine groups is 1. The van der Waals surface area contributed by atoms with E-state index in [1.807, 2.05) is 6.07 Å². The van der Waals surface area contributed by atoms with Gasteiger partial charge in [-0.25, -0.2) is 8.42 Å². The Labute approximate surface area is 207 Å². The van der Waals surface area contributed by atoms with Gasteiger partial charge in [0, 0.05) is 12.8 Å². The monoisotopic (exact) mass is 515 g/mol. The molecule has 1 aliphatic heterocycles. The van der Waals surface area contributed by atoms with Gasteiger partial charge in [-0.05, 0) is 43.5 Å². The first-order valence-electron chi connectivity index (χ1n) is 10.9. The predicted molar refractivity (Wildman–Crippen MR) is 127 cm³/mol. The normalized spacial score (nSPS) is 15.4. The molecule has 190 valence electrons. The van der Waals surface area contributed by atoms with E-state index < -0.39 is 45.4 Å². The fourth-order valence-electron chi connectivity index (χ4n) is 4.01. The number of fused-ring (bicyclic) bond motifs is 1. The van der Waals surface area contributed by atoms with Gasteiger partial charge in [0.25, 0.3) is 23.7 Å². The zero-order valence-corrected chi connectivity index (χ0v) is 20.5.